The van der Waals surface area contributed by atoms with Gasteiger partial charge in [0, 0.05) is 22.7 Å². The van der Waals surface area contributed by atoms with Crippen LogP contribution in [0.4, 0.5) is 5.69 Å². The lowest BCUT2D eigenvalue weighted by atomic mass is 10.1. The molecule has 0 unspecified atom stereocenters. The zero-order valence-corrected chi connectivity index (χ0v) is 11.2. The van der Waals surface area contributed by atoms with Crippen LogP contribution in [0.1, 0.15) is 26.3 Å². The molecule has 0 atom stereocenters. The molecule has 0 spiro atoms. The van der Waals surface area contributed by atoms with Crippen molar-refractivity contribution in [3.8, 4) is 0 Å². The predicted octanol–water partition coefficient (Wildman–Crippen LogP) is 3.26. The second-order valence-corrected chi connectivity index (χ2v) is 4.86. The number of benzene rings is 1. The quantitative estimate of drug-likeness (QED) is 0.852. The Labute approximate surface area is 101 Å². The van der Waals surface area contributed by atoms with Crippen LogP contribution >= 0.6 is 15.9 Å². The molecule has 0 heterocycles. The van der Waals surface area contributed by atoms with Gasteiger partial charge in [-0.2, -0.15) is 0 Å². The van der Waals surface area contributed by atoms with Crippen LogP contribution in [-0.2, 0) is 6.54 Å². The SMILES string of the molecule is CCN(Cc1cc(N)ccc1Br)C(C)C. The van der Waals surface area contributed by atoms with Crippen molar-refractivity contribution < 1.29 is 0 Å². The minimum Gasteiger partial charge on any atom is -0.399 e. The lowest BCUT2D eigenvalue weighted by Gasteiger charge is -2.25. The topological polar surface area (TPSA) is 29.3 Å². The van der Waals surface area contributed by atoms with Gasteiger partial charge >= 0.3 is 0 Å². The fourth-order valence-corrected chi connectivity index (χ4v) is 1.97. The fourth-order valence-electron chi connectivity index (χ4n) is 1.59. The molecule has 0 amide bonds. The van der Waals surface area contributed by atoms with Crippen molar-refractivity contribution in [2.45, 2.75) is 33.4 Å². The molecule has 0 aliphatic carbocycles. The van der Waals surface area contributed by atoms with E-state index in [0.29, 0.717) is 6.04 Å². The number of nitrogen functional groups attached to an aromatic ring is 1. The molecule has 2 N–H and O–H groups in total. The average molecular weight is 271 g/mol. The summed E-state index contributed by atoms with van der Waals surface area (Å²) in [4.78, 5) is 2.40. The highest BCUT2D eigenvalue weighted by Crippen LogP contribution is 2.21. The van der Waals surface area contributed by atoms with Gasteiger partial charge in [-0.15, -0.1) is 0 Å². The molecule has 0 saturated heterocycles. The van der Waals surface area contributed by atoms with E-state index in [0.717, 1.165) is 23.2 Å². The van der Waals surface area contributed by atoms with E-state index in [1.807, 2.05) is 18.2 Å². The van der Waals surface area contributed by atoms with Crippen molar-refractivity contribution >= 4 is 21.6 Å². The molecule has 3 heteroatoms. The molecule has 15 heavy (non-hydrogen) atoms. The van der Waals surface area contributed by atoms with Crippen LogP contribution in [0, 0.1) is 0 Å². The number of nitrogens with zero attached hydrogens (tertiary/aromatic N) is 1. The molecule has 1 aromatic rings. The summed E-state index contributed by atoms with van der Waals surface area (Å²) in [6.45, 7) is 8.60. The third-order valence-corrected chi connectivity index (χ3v) is 3.35. The molecule has 1 aromatic carbocycles. The van der Waals surface area contributed by atoms with Crippen LogP contribution in [0.15, 0.2) is 22.7 Å². The molecule has 1 rings (SSSR count). The molecule has 0 radical (unpaired) electrons. The summed E-state index contributed by atoms with van der Waals surface area (Å²) in [5.74, 6) is 0. The highest BCUT2D eigenvalue weighted by atomic mass is 79.9. The van der Waals surface area contributed by atoms with E-state index in [-0.39, 0.29) is 0 Å². The largest absolute Gasteiger partial charge is 0.399 e. The maximum Gasteiger partial charge on any atom is 0.0318 e. The van der Waals surface area contributed by atoms with Gasteiger partial charge in [0.05, 0.1) is 0 Å². The van der Waals surface area contributed by atoms with E-state index in [4.69, 9.17) is 5.73 Å². The summed E-state index contributed by atoms with van der Waals surface area (Å²) in [6, 6.07) is 6.52. The third kappa shape index (κ3) is 3.50. The van der Waals surface area contributed by atoms with Crippen LogP contribution in [0.3, 0.4) is 0 Å². The standard InChI is InChI=1S/C12H19BrN2/c1-4-15(9(2)3)8-10-7-11(14)5-6-12(10)13/h5-7,9H,4,8,14H2,1-3H3. The van der Waals surface area contributed by atoms with Crippen molar-refractivity contribution in [2.75, 3.05) is 12.3 Å². The van der Waals surface area contributed by atoms with E-state index in [9.17, 15) is 0 Å². The zero-order valence-electron chi connectivity index (χ0n) is 9.63. The van der Waals surface area contributed by atoms with Crippen LogP contribution in [0.2, 0.25) is 0 Å². The Balaban J connectivity index is 2.82. The second-order valence-electron chi connectivity index (χ2n) is 4.01. The van der Waals surface area contributed by atoms with Crippen LogP contribution in [0.5, 0.6) is 0 Å². The monoisotopic (exact) mass is 270 g/mol. The lowest BCUT2D eigenvalue weighted by Crippen LogP contribution is -2.30. The molecule has 0 aliphatic rings. The van der Waals surface area contributed by atoms with Crippen molar-refractivity contribution in [1.29, 1.82) is 0 Å². The van der Waals surface area contributed by atoms with Gasteiger partial charge in [-0.3, -0.25) is 4.90 Å². The number of rotatable bonds is 4. The Hall–Kier alpha value is -0.540. The van der Waals surface area contributed by atoms with Crippen LogP contribution in [-0.4, -0.2) is 17.5 Å². The first-order chi connectivity index (χ1) is 7.04. The lowest BCUT2D eigenvalue weighted by molar-refractivity contribution is 0.224. The number of nitrogens with two attached hydrogens (primary N) is 1. The van der Waals surface area contributed by atoms with Gasteiger partial charge in [0.25, 0.3) is 0 Å². The predicted molar refractivity (Wildman–Crippen MR) is 69.8 cm³/mol. The summed E-state index contributed by atoms with van der Waals surface area (Å²) >= 11 is 3.56. The third-order valence-electron chi connectivity index (χ3n) is 2.58. The fraction of sp³-hybridized carbons (Fsp3) is 0.500. The number of halogens is 1. The maximum atomic E-state index is 5.78. The Bertz CT molecular complexity index is 323. The van der Waals surface area contributed by atoms with Gasteiger partial charge in [0.15, 0.2) is 0 Å². The molecule has 0 saturated carbocycles. The van der Waals surface area contributed by atoms with Crippen molar-refractivity contribution in [3.05, 3.63) is 28.2 Å². The second kappa shape index (κ2) is 5.52. The molecular formula is C12H19BrN2. The Morgan fingerprint density at radius 2 is 2.07 bits per heavy atom. The van der Waals surface area contributed by atoms with Crippen molar-refractivity contribution in [2.24, 2.45) is 0 Å². The van der Waals surface area contributed by atoms with Crippen LogP contribution in [0.25, 0.3) is 0 Å². The molecule has 0 bridgehead atoms. The normalized spacial score (nSPS) is 11.3. The maximum absolute atomic E-state index is 5.78. The molecule has 0 aromatic heterocycles. The highest BCUT2D eigenvalue weighted by molar-refractivity contribution is 9.10. The first-order valence-electron chi connectivity index (χ1n) is 5.32. The van der Waals surface area contributed by atoms with E-state index >= 15 is 0 Å². The Kier molecular flexibility index (Phi) is 4.61. The minimum atomic E-state index is 0.559. The first kappa shape index (κ1) is 12.5. The Morgan fingerprint density at radius 1 is 1.40 bits per heavy atom. The van der Waals surface area contributed by atoms with Gasteiger partial charge in [0.1, 0.15) is 0 Å². The number of anilines is 1. The molecule has 0 fully saturated rings. The van der Waals surface area contributed by atoms with Gasteiger partial charge in [-0.25, -0.2) is 0 Å². The van der Waals surface area contributed by atoms with E-state index in [1.165, 1.54) is 5.56 Å². The Morgan fingerprint density at radius 3 is 2.60 bits per heavy atom. The van der Waals surface area contributed by atoms with Gasteiger partial charge < -0.3 is 5.73 Å². The summed E-state index contributed by atoms with van der Waals surface area (Å²) in [7, 11) is 0. The zero-order chi connectivity index (χ0) is 11.4. The average Bonchev–Trinajstić information content (AvgIpc) is 2.18. The summed E-state index contributed by atoms with van der Waals surface area (Å²) < 4.78 is 1.14. The highest BCUT2D eigenvalue weighted by Gasteiger charge is 2.09. The summed E-state index contributed by atoms with van der Waals surface area (Å²) in [6.07, 6.45) is 0. The van der Waals surface area contributed by atoms with Gasteiger partial charge in [0.2, 0.25) is 0 Å². The van der Waals surface area contributed by atoms with Crippen molar-refractivity contribution in [1.82, 2.24) is 4.90 Å². The summed E-state index contributed by atoms with van der Waals surface area (Å²) in [5, 5.41) is 0. The first-order valence-corrected chi connectivity index (χ1v) is 6.11. The molecular weight excluding hydrogens is 252 g/mol. The molecule has 2 nitrogen and oxygen atoms in total. The van der Waals surface area contributed by atoms with Crippen molar-refractivity contribution in [3.63, 3.8) is 0 Å². The van der Waals surface area contributed by atoms with E-state index in [1.54, 1.807) is 0 Å². The van der Waals surface area contributed by atoms with E-state index in [2.05, 4.69) is 41.6 Å². The molecule has 0 aliphatic heterocycles. The van der Waals surface area contributed by atoms with Gasteiger partial charge in [-0.1, -0.05) is 22.9 Å². The van der Waals surface area contributed by atoms with E-state index < -0.39 is 0 Å². The van der Waals surface area contributed by atoms with Gasteiger partial charge in [-0.05, 0) is 44.2 Å². The summed E-state index contributed by atoms with van der Waals surface area (Å²) in [5.41, 5.74) is 7.86. The number of hydrogen-bond acceptors (Lipinski definition) is 2. The van der Waals surface area contributed by atoms with Crippen LogP contribution < -0.4 is 5.73 Å². The smallest absolute Gasteiger partial charge is 0.0318 e. The number of hydrogen-bond donors (Lipinski definition) is 1. The minimum absolute atomic E-state index is 0.559. The molecule has 84 valence electrons.